The van der Waals surface area contributed by atoms with E-state index < -0.39 is 0 Å². The molecular formula is C14H28N4. The van der Waals surface area contributed by atoms with Crippen LogP contribution in [0.4, 0.5) is 0 Å². The predicted octanol–water partition coefficient (Wildman–Crippen LogP) is 1.42. The van der Waals surface area contributed by atoms with E-state index in [1.54, 1.807) is 0 Å². The molecule has 0 aromatic rings. The van der Waals surface area contributed by atoms with Gasteiger partial charge in [0.15, 0.2) is 5.96 Å². The number of guanidine groups is 1. The highest BCUT2D eigenvalue weighted by Crippen LogP contribution is 2.26. The minimum absolute atomic E-state index is 0.631. The van der Waals surface area contributed by atoms with E-state index in [1.165, 1.54) is 45.2 Å². The first-order valence-corrected chi connectivity index (χ1v) is 7.50. The van der Waals surface area contributed by atoms with Gasteiger partial charge in [0.1, 0.15) is 0 Å². The molecule has 1 aliphatic carbocycles. The maximum Gasteiger partial charge on any atom is 0.188 e. The standard InChI is InChI=1S/C14H28N4/c1-12-4-3-8-18(11-12)9-7-16-14(15)17-10-13-5-2-6-13/h12-13H,2-11H2,1H3,(H3,15,16,17). The molecule has 1 heterocycles. The van der Waals surface area contributed by atoms with Gasteiger partial charge < -0.3 is 16.0 Å². The quantitative estimate of drug-likeness (QED) is 0.575. The van der Waals surface area contributed by atoms with Crippen molar-refractivity contribution in [1.29, 1.82) is 0 Å². The second kappa shape index (κ2) is 6.98. The van der Waals surface area contributed by atoms with Crippen LogP contribution in [0, 0.1) is 11.8 Å². The molecule has 0 spiro atoms. The highest BCUT2D eigenvalue weighted by Gasteiger charge is 2.17. The number of nitrogens with one attached hydrogen (secondary N) is 1. The van der Waals surface area contributed by atoms with Crippen molar-refractivity contribution >= 4 is 5.96 Å². The summed E-state index contributed by atoms with van der Waals surface area (Å²) >= 11 is 0. The molecule has 0 aromatic carbocycles. The third-order valence-electron chi connectivity index (χ3n) is 4.22. The maximum absolute atomic E-state index is 5.86. The van der Waals surface area contributed by atoms with Gasteiger partial charge in [-0.3, -0.25) is 4.99 Å². The summed E-state index contributed by atoms with van der Waals surface area (Å²) in [4.78, 5) is 6.94. The number of nitrogens with zero attached hydrogens (tertiary/aromatic N) is 2. The Bertz CT molecular complexity index is 273. The van der Waals surface area contributed by atoms with E-state index >= 15 is 0 Å². The second-order valence-corrected chi connectivity index (χ2v) is 6.00. The van der Waals surface area contributed by atoms with Crippen molar-refractivity contribution in [1.82, 2.24) is 10.2 Å². The van der Waals surface area contributed by atoms with E-state index in [0.29, 0.717) is 5.96 Å². The van der Waals surface area contributed by atoms with E-state index in [0.717, 1.165) is 31.5 Å². The molecule has 1 unspecified atom stereocenters. The smallest absolute Gasteiger partial charge is 0.188 e. The van der Waals surface area contributed by atoms with Crippen molar-refractivity contribution in [3.8, 4) is 0 Å². The summed E-state index contributed by atoms with van der Waals surface area (Å²) < 4.78 is 0. The Labute approximate surface area is 111 Å². The molecule has 0 amide bonds. The first kappa shape index (κ1) is 13.7. The lowest BCUT2D eigenvalue weighted by molar-refractivity contribution is 0.187. The molecule has 1 saturated carbocycles. The minimum atomic E-state index is 0.631. The molecule has 1 saturated heterocycles. The van der Waals surface area contributed by atoms with Crippen LogP contribution in [-0.2, 0) is 0 Å². The zero-order valence-electron chi connectivity index (χ0n) is 11.7. The molecule has 18 heavy (non-hydrogen) atoms. The van der Waals surface area contributed by atoms with Gasteiger partial charge in [-0.2, -0.15) is 0 Å². The van der Waals surface area contributed by atoms with Crippen molar-refractivity contribution in [2.45, 2.75) is 39.0 Å². The number of aliphatic imine (C=N–C) groups is 1. The van der Waals surface area contributed by atoms with E-state index in [4.69, 9.17) is 5.73 Å². The van der Waals surface area contributed by atoms with Gasteiger partial charge in [-0.1, -0.05) is 13.3 Å². The summed E-state index contributed by atoms with van der Waals surface area (Å²) in [5, 5.41) is 3.23. The van der Waals surface area contributed by atoms with Crippen LogP contribution in [0.3, 0.4) is 0 Å². The summed E-state index contributed by atoms with van der Waals surface area (Å²) in [6.45, 7) is 7.75. The Morgan fingerprint density at radius 2 is 2.17 bits per heavy atom. The lowest BCUT2D eigenvalue weighted by atomic mass is 9.86. The molecule has 1 atom stereocenters. The molecule has 0 radical (unpaired) electrons. The van der Waals surface area contributed by atoms with Gasteiger partial charge in [-0.05, 0) is 44.1 Å². The van der Waals surface area contributed by atoms with Crippen LogP contribution in [0.5, 0.6) is 0 Å². The van der Waals surface area contributed by atoms with Crippen molar-refractivity contribution in [2.24, 2.45) is 22.6 Å². The summed E-state index contributed by atoms with van der Waals surface area (Å²) in [5.74, 6) is 2.28. The average Bonchev–Trinajstić information content (AvgIpc) is 2.27. The number of hydrogen-bond acceptors (Lipinski definition) is 2. The topological polar surface area (TPSA) is 53.6 Å². The van der Waals surface area contributed by atoms with Crippen LogP contribution in [0.25, 0.3) is 0 Å². The van der Waals surface area contributed by atoms with Crippen molar-refractivity contribution in [2.75, 3.05) is 32.7 Å². The largest absolute Gasteiger partial charge is 0.370 e. The fourth-order valence-corrected chi connectivity index (χ4v) is 2.79. The SMILES string of the molecule is CC1CCCN(CCNC(N)=NCC2CCC2)C1. The normalized spacial score (nSPS) is 26.9. The molecule has 0 aromatic heterocycles. The highest BCUT2D eigenvalue weighted by atomic mass is 15.2. The highest BCUT2D eigenvalue weighted by molar-refractivity contribution is 5.77. The Kier molecular flexibility index (Phi) is 5.29. The Hall–Kier alpha value is -0.770. The number of piperidine rings is 1. The van der Waals surface area contributed by atoms with Gasteiger partial charge in [0.25, 0.3) is 0 Å². The molecule has 3 N–H and O–H groups in total. The van der Waals surface area contributed by atoms with Crippen LogP contribution in [0.2, 0.25) is 0 Å². The van der Waals surface area contributed by atoms with E-state index in [1.807, 2.05) is 0 Å². The lowest BCUT2D eigenvalue weighted by Gasteiger charge is -2.30. The van der Waals surface area contributed by atoms with Crippen LogP contribution >= 0.6 is 0 Å². The zero-order chi connectivity index (χ0) is 12.8. The fraction of sp³-hybridized carbons (Fsp3) is 0.929. The first-order valence-electron chi connectivity index (χ1n) is 7.50. The van der Waals surface area contributed by atoms with Crippen LogP contribution in [0.1, 0.15) is 39.0 Å². The Balaban J connectivity index is 1.56. The van der Waals surface area contributed by atoms with E-state index in [9.17, 15) is 0 Å². The molecule has 4 nitrogen and oxygen atoms in total. The van der Waals surface area contributed by atoms with E-state index in [2.05, 4.69) is 22.1 Å². The number of rotatable bonds is 5. The summed E-state index contributed by atoms with van der Waals surface area (Å²) in [7, 11) is 0. The van der Waals surface area contributed by atoms with Gasteiger partial charge in [-0.15, -0.1) is 0 Å². The minimum Gasteiger partial charge on any atom is -0.370 e. The van der Waals surface area contributed by atoms with Crippen molar-refractivity contribution in [3.63, 3.8) is 0 Å². The third kappa shape index (κ3) is 4.48. The molecule has 2 rings (SSSR count). The molecular weight excluding hydrogens is 224 g/mol. The molecule has 0 bridgehead atoms. The monoisotopic (exact) mass is 252 g/mol. The molecule has 1 aliphatic heterocycles. The average molecular weight is 252 g/mol. The molecule has 104 valence electrons. The van der Waals surface area contributed by atoms with Gasteiger partial charge in [0, 0.05) is 26.2 Å². The number of likely N-dealkylation sites (tertiary alicyclic amines) is 1. The van der Waals surface area contributed by atoms with Crippen molar-refractivity contribution < 1.29 is 0 Å². The fourth-order valence-electron chi connectivity index (χ4n) is 2.79. The van der Waals surface area contributed by atoms with Crippen LogP contribution in [0.15, 0.2) is 4.99 Å². The second-order valence-electron chi connectivity index (χ2n) is 6.00. The maximum atomic E-state index is 5.86. The van der Waals surface area contributed by atoms with Crippen LogP contribution in [-0.4, -0.2) is 43.6 Å². The van der Waals surface area contributed by atoms with Gasteiger partial charge in [-0.25, -0.2) is 0 Å². The summed E-state index contributed by atoms with van der Waals surface area (Å²) in [5.41, 5.74) is 5.86. The Morgan fingerprint density at radius 3 is 2.83 bits per heavy atom. The van der Waals surface area contributed by atoms with Gasteiger partial charge in [0.2, 0.25) is 0 Å². The number of hydrogen-bond donors (Lipinski definition) is 2. The van der Waals surface area contributed by atoms with Gasteiger partial charge in [0.05, 0.1) is 0 Å². The van der Waals surface area contributed by atoms with Crippen LogP contribution < -0.4 is 11.1 Å². The number of nitrogens with two attached hydrogens (primary N) is 1. The first-order chi connectivity index (χ1) is 8.74. The molecule has 2 fully saturated rings. The third-order valence-corrected chi connectivity index (χ3v) is 4.22. The predicted molar refractivity (Wildman–Crippen MR) is 76.7 cm³/mol. The van der Waals surface area contributed by atoms with E-state index in [-0.39, 0.29) is 0 Å². The lowest BCUT2D eigenvalue weighted by Crippen LogP contribution is -2.42. The molecule has 2 aliphatic rings. The zero-order valence-corrected chi connectivity index (χ0v) is 11.7. The van der Waals surface area contributed by atoms with Crippen molar-refractivity contribution in [3.05, 3.63) is 0 Å². The molecule has 4 heteroatoms. The van der Waals surface area contributed by atoms with Gasteiger partial charge >= 0.3 is 0 Å². The summed E-state index contributed by atoms with van der Waals surface area (Å²) in [6.07, 6.45) is 6.77. The Morgan fingerprint density at radius 1 is 1.33 bits per heavy atom. The summed E-state index contributed by atoms with van der Waals surface area (Å²) in [6, 6.07) is 0.